The maximum Gasteiger partial charge on any atom is 0.296 e. The van der Waals surface area contributed by atoms with Crippen LogP contribution in [0.15, 0.2) is 29.2 Å². The van der Waals surface area contributed by atoms with Gasteiger partial charge >= 0.3 is 0 Å². The van der Waals surface area contributed by atoms with Crippen LogP contribution in [0.25, 0.3) is 0 Å². The van der Waals surface area contributed by atoms with Gasteiger partial charge in [0.05, 0.1) is 12.0 Å². The molecule has 0 spiro atoms. The molecule has 0 radical (unpaired) electrons. The lowest BCUT2D eigenvalue weighted by Crippen LogP contribution is -2.43. The summed E-state index contributed by atoms with van der Waals surface area (Å²) in [6.45, 7) is 3.79. The van der Waals surface area contributed by atoms with Crippen LogP contribution in [0.3, 0.4) is 0 Å². The second-order valence-electron chi connectivity index (χ2n) is 3.85. The molecule has 6 heteroatoms. The van der Waals surface area contributed by atoms with E-state index in [1.807, 2.05) is 12.1 Å². The average molecular weight is 256 g/mol. The number of piperazine rings is 1. The van der Waals surface area contributed by atoms with E-state index in [9.17, 15) is 8.42 Å². The van der Waals surface area contributed by atoms with E-state index in [2.05, 4.69) is 14.4 Å². The Morgan fingerprint density at radius 2 is 1.76 bits per heavy atom. The zero-order valence-electron chi connectivity index (χ0n) is 9.72. The molecule has 0 atom stereocenters. The van der Waals surface area contributed by atoms with Gasteiger partial charge in [-0.2, -0.15) is 8.42 Å². The molecule has 1 aliphatic rings. The maximum absolute atomic E-state index is 11.4. The summed E-state index contributed by atoms with van der Waals surface area (Å²) < 4.78 is 27.3. The van der Waals surface area contributed by atoms with Crippen LogP contribution in [0.5, 0.6) is 0 Å². The highest BCUT2D eigenvalue weighted by Crippen LogP contribution is 2.19. The minimum atomic E-state index is -3.58. The highest BCUT2D eigenvalue weighted by Gasteiger charge is 2.14. The molecule has 1 N–H and O–H groups in total. The number of nitrogens with one attached hydrogen (secondary N) is 1. The van der Waals surface area contributed by atoms with E-state index in [-0.39, 0.29) is 4.90 Å². The summed E-state index contributed by atoms with van der Waals surface area (Å²) in [5.41, 5.74) is 1.04. The summed E-state index contributed by atoms with van der Waals surface area (Å²) in [4.78, 5) is 2.42. The fourth-order valence-corrected chi connectivity index (χ4v) is 2.50. The van der Waals surface area contributed by atoms with Gasteiger partial charge in [0, 0.05) is 31.9 Å². The number of anilines is 1. The molecule has 0 bridgehead atoms. The van der Waals surface area contributed by atoms with Crippen LogP contribution in [0.2, 0.25) is 0 Å². The predicted octanol–water partition coefficient (Wildman–Crippen LogP) is 0.431. The fraction of sp³-hybridized carbons (Fsp3) is 0.455. The van der Waals surface area contributed by atoms with Gasteiger partial charge in [-0.1, -0.05) is 0 Å². The van der Waals surface area contributed by atoms with Crippen molar-refractivity contribution in [1.82, 2.24) is 5.32 Å². The Balaban J connectivity index is 2.18. The minimum absolute atomic E-state index is 0.193. The van der Waals surface area contributed by atoms with Crippen molar-refractivity contribution in [3.8, 4) is 0 Å². The molecule has 0 aliphatic carbocycles. The quantitative estimate of drug-likeness (QED) is 0.795. The van der Waals surface area contributed by atoms with Gasteiger partial charge in [-0.3, -0.25) is 4.18 Å². The zero-order chi connectivity index (χ0) is 12.3. The van der Waals surface area contributed by atoms with E-state index in [4.69, 9.17) is 0 Å². The van der Waals surface area contributed by atoms with Crippen LogP contribution in [0, 0.1) is 0 Å². The SMILES string of the molecule is COS(=O)(=O)c1ccc(N2CCNCC2)cc1. The Labute approximate surface area is 102 Å². The molecular weight excluding hydrogens is 240 g/mol. The van der Waals surface area contributed by atoms with E-state index in [0.29, 0.717) is 0 Å². The number of nitrogens with zero attached hydrogens (tertiary/aromatic N) is 1. The van der Waals surface area contributed by atoms with Crippen LogP contribution < -0.4 is 10.2 Å². The molecule has 1 aromatic rings. The first-order valence-electron chi connectivity index (χ1n) is 5.50. The minimum Gasteiger partial charge on any atom is -0.369 e. The smallest absolute Gasteiger partial charge is 0.296 e. The Morgan fingerprint density at radius 3 is 2.29 bits per heavy atom. The molecule has 1 aromatic carbocycles. The van der Waals surface area contributed by atoms with Crippen molar-refractivity contribution in [2.24, 2.45) is 0 Å². The number of rotatable bonds is 3. The number of benzene rings is 1. The molecule has 1 saturated heterocycles. The summed E-state index contributed by atoms with van der Waals surface area (Å²) in [6.07, 6.45) is 0. The summed E-state index contributed by atoms with van der Waals surface area (Å²) in [5, 5.41) is 3.27. The fourth-order valence-electron chi connectivity index (χ4n) is 1.84. The summed E-state index contributed by atoms with van der Waals surface area (Å²) in [7, 11) is -2.41. The number of hydrogen-bond acceptors (Lipinski definition) is 5. The Kier molecular flexibility index (Phi) is 3.66. The monoisotopic (exact) mass is 256 g/mol. The van der Waals surface area contributed by atoms with Gasteiger partial charge in [0.2, 0.25) is 0 Å². The molecular formula is C11H16N2O3S. The molecule has 1 heterocycles. The Morgan fingerprint density at radius 1 is 1.18 bits per heavy atom. The normalized spacial score (nSPS) is 17.1. The van der Waals surface area contributed by atoms with Crippen molar-refractivity contribution in [3.63, 3.8) is 0 Å². The van der Waals surface area contributed by atoms with Crippen LogP contribution in [-0.4, -0.2) is 41.7 Å². The maximum atomic E-state index is 11.4. The second kappa shape index (κ2) is 5.03. The summed E-state index contributed by atoms with van der Waals surface area (Å²) in [5.74, 6) is 0. The van der Waals surface area contributed by atoms with Crippen molar-refractivity contribution in [3.05, 3.63) is 24.3 Å². The first kappa shape index (κ1) is 12.3. The van der Waals surface area contributed by atoms with Crippen molar-refractivity contribution in [2.75, 3.05) is 38.2 Å². The molecule has 17 heavy (non-hydrogen) atoms. The van der Waals surface area contributed by atoms with Crippen molar-refractivity contribution in [2.45, 2.75) is 4.90 Å². The Hall–Kier alpha value is -1.11. The third kappa shape index (κ3) is 2.77. The molecule has 0 saturated carbocycles. The van der Waals surface area contributed by atoms with E-state index in [1.54, 1.807) is 12.1 Å². The molecule has 5 nitrogen and oxygen atoms in total. The predicted molar refractivity (Wildman–Crippen MR) is 65.7 cm³/mol. The molecule has 0 amide bonds. The van der Waals surface area contributed by atoms with Gasteiger partial charge in [-0.05, 0) is 24.3 Å². The first-order chi connectivity index (χ1) is 8.13. The topological polar surface area (TPSA) is 58.6 Å². The van der Waals surface area contributed by atoms with Gasteiger partial charge < -0.3 is 10.2 Å². The van der Waals surface area contributed by atoms with Crippen molar-refractivity contribution in [1.29, 1.82) is 0 Å². The van der Waals surface area contributed by atoms with Crippen molar-refractivity contribution < 1.29 is 12.6 Å². The Bertz CT molecular complexity index is 464. The molecule has 1 aliphatic heterocycles. The van der Waals surface area contributed by atoms with Crippen LogP contribution in [0.1, 0.15) is 0 Å². The summed E-state index contributed by atoms with van der Waals surface area (Å²) in [6, 6.07) is 6.79. The highest BCUT2D eigenvalue weighted by molar-refractivity contribution is 7.86. The molecule has 94 valence electrons. The van der Waals surface area contributed by atoms with Crippen LogP contribution in [-0.2, 0) is 14.3 Å². The van der Waals surface area contributed by atoms with E-state index in [1.165, 1.54) is 7.11 Å². The molecule has 0 unspecified atom stereocenters. The summed E-state index contributed by atoms with van der Waals surface area (Å²) >= 11 is 0. The average Bonchev–Trinajstić information content (AvgIpc) is 2.40. The van der Waals surface area contributed by atoms with Crippen LogP contribution >= 0.6 is 0 Å². The van der Waals surface area contributed by atoms with Gasteiger partial charge in [0.1, 0.15) is 0 Å². The molecule has 1 fully saturated rings. The van der Waals surface area contributed by atoms with Crippen LogP contribution in [0.4, 0.5) is 5.69 Å². The van der Waals surface area contributed by atoms with E-state index >= 15 is 0 Å². The molecule has 2 rings (SSSR count). The first-order valence-corrected chi connectivity index (χ1v) is 6.91. The zero-order valence-corrected chi connectivity index (χ0v) is 10.5. The second-order valence-corrected chi connectivity index (χ2v) is 5.56. The third-order valence-electron chi connectivity index (χ3n) is 2.83. The van der Waals surface area contributed by atoms with Gasteiger partial charge in [0.15, 0.2) is 0 Å². The van der Waals surface area contributed by atoms with Crippen molar-refractivity contribution >= 4 is 15.8 Å². The largest absolute Gasteiger partial charge is 0.369 e. The lowest BCUT2D eigenvalue weighted by Gasteiger charge is -2.29. The lowest BCUT2D eigenvalue weighted by molar-refractivity contribution is 0.398. The lowest BCUT2D eigenvalue weighted by atomic mass is 10.2. The highest BCUT2D eigenvalue weighted by atomic mass is 32.2. The van der Waals surface area contributed by atoms with E-state index < -0.39 is 10.1 Å². The third-order valence-corrected chi connectivity index (χ3v) is 4.12. The van der Waals surface area contributed by atoms with Gasteiger partial charge in [-0.25, -0.2) is 0 Å². The standard InChI is InChI=1S/C11H16N2O3S/c1-16-17(14,15)11-4-2-10(3-5-11)13-8-6-12-7-9-13/h2-5,12H,6-9H2,1H3. The number of hydrogen-bond donors (Lipinski definition) is 1. The molecule has 0 aromatic heterocycles. The van der Waals surface area contributed by atoms with E-state index in [0.717, 1.165) is 31.9 Å². The van der Waals surface area contributed by atoms with Gasteiger partial charge in [-0.15, -0.1) is 0 Å². The van der Waals surface area contributed by atoms with Gasteiger partial charge in [0.25, 0.3) is 10.1 Å².